The number of fused-ring (bicyclic) bond motifs is 5. The molecule has 3 fully saturated rings. The van der Waals surface area contributed by atoms with Gasteiger partial charge in [-0.2, -0.15) is 0 Å². The molecule has 0 N–H and O–H groups in total. The summed E-state index contributed by atoms with van der Waals surface area (Å²) in [5, 5.41) is 0. The molecule has 0 bridgehead atoms. The van der Waals surface area contributed by atoms with Crippen molar-refractivity contribution in [2.75, 3.05) is 0 Å². The van der Waals surface area contributed by atoms with Crippen LogP contribution in [0.1, 0.15) is 98.8 Å². The molecule has 0 aromatic heterocycles. The van der Waals surface area contributed by atoms with Gasteiger partial charge in [-0.1, -0.05) is 77.7 Å². The fraction of sp³-hybridized carbons (Fsp3) is 0.852. The first kappa shape index (κ1) is 19.8. The fourth-order valence-electron chi connectivity index (χ4n) is 8.40. The molecule has 0 aromatic rings. The normalized spacial score (nSPS) is 44.4. The third-order valence-electron chi connectivity index (χ3n) is 9.91. The first-order chi connectivity index (χ1) is 12.9. The standard InChI is InChI=1S/C27H44/c1-19(2)9-8-10-20(3)23-14-15-24-22-13-12-21-11-6-7-17-26(21,4)25(22)16-18-27(23,24)5/h6-7,11,19-20,22-25H,8-10,12-18H2,1-5H3/t20-,22+,23-,24+,25+,26-,27-/m0/s1. The van der Waals surface area contributed by atoms with Crippen LogP contribution in [0.15, 0.2) is 23.8 Å². The van der Waals surface area contributed by atoms with Gasteiger partial charge in [-0.25, -0.2) is 0 Å². The molecule has 0 unspecified atom stereocenters. The molecule has 4 rings (SSSR count). The molecule has 0 radical (unpaired) electrons. The Morgan fingerprint density at radius 2 is 1.81 bits per heavy atom. The van der Waals surface area contributed by atoms with E-state index in [-0.39, 0.29) is 0 Å². The molecule has 4 aliphatic carbocycles. The average molecular weight is 369 g/mol. The second-order valence-corrected chi connectivity index (χ2v) is 11.7. The molecule has 0 aromatic carbocycles. The van der Waals surface area contributed by atoms with Crippen molar-refractivity contribution in [3.63, 3.8) is 0 Å². The van der Waals surface area contributed by atoms with Crippen molar-refractivity contribution >= 4 is 0 Å². The van der Waals surface area contributed by atoms with Gasteiger partial charge in [0, 0.05) is 0 Å². The van der Waals surface area contributed by atoms with E-state index in [1.54, 1.807) is 5.57 Å². The molecule has 0 spiro atoms. The molecule has 7 atom stereocenters. The van der Waals surface area contributed by atoms with Gasteiger partial charge in [0.2, 0.25) is 0 Å². The first-order valence-electron chi connectivity index (χ1n) is 12.2. The second kappa shape index (κ2) is 7.38. The molecule has 0 amide bonds. The summed E-state index contributed by atoms with van der Waals surface area (Å²) < 4.78 is 0. The summed E-state index contributed by atoms with van der Waals surface area (Å²) in [4.78, 5) is 0. The number of rotatable bonds is 5. The van der Waals surface area contributed by atoms with Crippen molar-refractivity contribution in [1.82, 2.24) is 0 Å². The van der Waals surface area contributed by atoms with E-state index in [0.29, 0.717) is 10.8 Å². The number of hydrogen-bond donors (Lipinski definition) is 0. The van der Waals surface area contributed by atoms with E-state index >= 15 is 0 Å². The third-order valence-corrected chi connectivity index (χ3v) is 9.91. The zero-order valence-electron chi connectivity index (χ0n) is 18.8. The Kier molecular flexibility index (Phi) is 5.41. The summed E-state index contributed by atoms with van der Waals surface area (Å²) in [6.45, 7) is 12.7. The van der Waals surface area contributed by atoms with E-state index in [0.717, 1.165) is 35.5 Å². The lowest BCUT2D eigenvalue weighted by Crippen LogP contribution is -2.50. The van der Waals surface area contributed by atoms with Crippen LogP contribution in [0.5, 0.6) is 0 Å². The Morgan fingerprint density at radius 3 is 2.59 bits per heavy atom. The third kappa shape index (κ3) is 3.28. The van der Waals surface area contributed by atoms with Crippen molar-refractivity contribution < 1.29 is 0 Å². The summed E-state index contributed by atoms with van der Waals surface area (Å²) in [5.74, 6) is 5.77. The van der Waals surface area contributed by atoms with Gasteiger partial charge in [0.25, 0.3) is 0 Å². The molecular formula is C27H44. The lowest BCUT2D eigenvalue weighted by Gasteiger charge is -2.58. The van der Waals surface area contributed by atoms with Crippen molar-refractivity contribution in [1.29, 1.82) is 0 Å². The minimum atomic E-state index is 0.486. The van der Waals surface area contributed by atoms with Gasteiger partial charge in [0.1, 0.15) is 0 Å². The van der Waals surface area contributed by atoms with Crippen LogP contribution in [-0.2, 0) is 0 Å². The second-order valence-electron chi connectivity index (χ2n) is 11.7. The van der Waals surface area contributed by atoms with Crippen LogP contribution >= 0.6 is 0 Å². The topological polar surface area (TPSA) is 0 Å². The average Bonchev–Trinajstić information content (AvgIpc) is 2.98. The fourth-order valence-corrected chi connectivity index (χ4v) is 8.40. The molecule has 0 nitrogen and oxygen atoms in total. The Bertz CT molecular complexity index is 595. The zero-order valence-corrected chi connectivity index (χ0v) is 18.8. The van der Waals surface area contributed by atoms with Gasteiger partial charge in [-0.15, -0.1) is 0 Å². The van der Waals surface area contributed by atoms with E-state index in [9.17, 15) is 0 Å². The summed E-state index contributed by atoms with van der Waals surface area (Å²) in [5.41, 5.74) is 2.91. The van der Waals surface area contributed by atoms with Gasteiger partial charge < -0.3 is 0 Å². The lowest BCUT2D eigenvalue weighted by atomic mass is 9.47. The maximum atomic E-state index is 2.72. The van der Waals surface area contributed by atoms with Crippen LogP contribution in [0.2, 0.25) is 0 Å². The predicted octanol–water partition coefficient (Wildman–Crippen LogP) is 8.19. The molecule has 0 heterocycles. The van der Waals surface area contributed by atoms with Crippen molar-refractivity contribution in [2.24, 2.45) is 46.3 Å². The zero-order chi connectivity index (χ0) is 19.2. The summed E-state index contributed by atoms with van der Waals surface area (Å²) in [6.07, 6.45) is 21.8. The van der Waals surface area contributed by atoms with E-state index in [1.165, 1.54) is 64.2 Å². The smallest absolute Gasteiger partial charge is 0.00477 e. The molecule has 152 valence electrons. The Labute approximate surface area is 169 Å². The predicted molar refractivity (Wildman–Crippen MR) is 118 cm³/mol. The Hall–Kier alpha value is -0.520. The highest BCUT2D eigenvalue weighted by Gasteiger charge is 2.58. The van der Waals surface area contributed by atoms with E-state index in [2.05, 4.69) is 52.8 Å². The van der Waals surface area contributed by atoms with Gasteiger partial charge in [-0.3, -0.25) is 0 Å². The monoisotopic (exact) mass is 368 g/mol. The molecule has 0 heteroatoms. The Balaban J connectivity index is 1.48. The van der Waals surface area contributed by atoms with E-state index in [1.807, 2.05) is 0 Å². The maximum Gasteiger partial charge on any atom is -0.00477 e. The molecule has 27 heavy (non-hydrogen) atoms. The van der Waals surface area contributed by atoms with Crippen molar-refractivity contribution in [3.05, 3.63) is 23.8 Å². The molecule has 0 aliphatic heterocycles. The van der Waals surface area contributed by atoms with Crippen molar-refractivity contribution in [3.8, 4) is 0 Å². The molecule has 0 saturated heterocycles. The minimum Gasteiger partial charge on any atom is -0.0837 e. The van der Waals surface area contributed by atoms with Gasteiger partial charge in [-0.05, 0) is 91.3 Å². The van der Waals surface area contributed by atoms with Crippen LogP contribution in [0.4, 0.5) is 0 Å². The number of hydrogen-bond acceptors (Lipinski definition) is 0. The van der Waals surface area contributed by atoms with Crippen LogP contribution in [0.25, 0.3) is 0 Å². The largest absolute Gasteiger partial charge is 0.0837 e. The van der Waals surface area contributed by atoms with E-state index < -0.39 is 0 Å². The van der Waals surface area contributed by atoms with Gasteiger partial charge in [0.05, 0.1) is 0 Å². The Morgan fingerprint density at radius 1 is 1.00 bits per heavy atom. The van der Waals surface area contributed by atoms with Crippen LogP contribution in [0.3, 0.4) is 0 Å². The van der Waals surface area contributed by atoms with Crippen LogP contribution in [0, 0.1) is 46.3 Å². The quantitative estimate of drug-likeness (QED) is 0.459. The maximum absolute atomic E-state index is 2.72. The lowest BCUT2D eigenvalue weighted by molar-refractivity contribution is -0.0547. The first-order valence-corrected chi connectivity index (χ1v) is 12.2. The molecule has 3 saturated carbocycles. The van der Waals surface area contributed by atoms with Gasteiger partial charge in [0.15, 0.2) is 0 Å². The highest BCUT2D eigenvalue weighted by atomic mass is 14.6. The van der Waals surface area contributed by atoms with Gasteiger partial charge >= 0.3 is 0 Å². The molecular weight excluding hydrogens is 324 g/mol. The van der Waals surface area contributed by atoms with Crippen LogP contribution < -0.4 is 0 Å². The number of allylic oxidation sites excluding steroid dienone is 4. The highest BCUT2D eigenvalue weighted by molar-refractivity contribution is 5.30. The summed E-state index contributed by atoms with van der Waals surface area (Å²) >= 11 is 0. The minimum absolute atomic E-state index is 0.486. The summed E-state index contributed by atoms with van der Waals surface area (Å²) in [7, 11) is 0. The SMILES string of the molecule is CC(C)CCC[C@H](C)[C@@H]1CC[C@@H]2[C@H]3CCC4=CC=CC[C@]4(C)[C@@H]3CC[C@]21C. The highest BCUT2D eigenvalue weighted by Crippen LogP contribution is 2.67. The van der Waals surface area contributed by atoms with E-state index in [4.69, 9.17) is 0 Å². The molecule has 4 aliphatic rings. The van der Waals surface area contributed by atoms with Crippen LogP contribution in [-0.4, -0.2) is 0 Å². The van der Waals surface area contributed by atoms with Crippen molar-refractivity contribution in [2.45, 2.75) is 98.8 Å². The summed E-state index contributed by atoms with van der Waals surface area (Å²) in [6, 6.07) is 0.